The number of aliphatic hydroxyl groups is 1. The Morgan fingerprint density at radius 1 is 0.667 bits per heavy atom. The zero-order chi connectivity index (χ0) is 17.7. The molecule has 0 saturated carbocycles. The first kappa shape index (κ1) is 23.4. The number of rotatable bonds is 19. The first-order chi connectivity index (χ1) is 11.8. The Labute approximate surface area is 151 Å². The van der Waals surface area contributed by atoms with E-state index in [1.807, 2.05) is 0 Å². The van der Waals surface area contributed by atoms with Gasteiger partial charge in [0.15, 0.2) is 0 Å². The highest BCUT2D eigenvalue weighted by molar-refractivity contribution is 5.75. The maximum atomic E-state index is 11.3. The van der Waals surface area contributed by atoms with Crippen molar-refractivity contribution in [2.45, 2.75) is 116 Å². The van der Waals surface area contributed by atoms with Gasteiger partial charge in [-0.2, -0.15) is 0 Å². The summed E-state index contributed by atoms with van der Waals surface area (Å²) in [5, 5.41) is 11.3. The summed E-state index contributed by atoms with van der Waals surface area (Å²) in [6.07, 6.45) is 22.3. The highest BCUT2D eigenvalue weighted by Gasteiger charge is 1.99. The molecule has 0 aromatic carbocycles. The van der Waals surface area contributed by atoms with Crippen LogP contribution in [0.25, 0.3) is 0 Å². The molecule has 0 bridgehead atoms. The van der Waals surface area contributed by atoms with Crippen molar-refractivity contribution < 1.29 is 9.90 Å². The van der Waals surface area contributed by atoms with Crippen molar-refractivity contribution in [2.24, 2.45) is 0 Å². The standard InChI is InChI=1S/C21H43NO2/c1-2-3-4-5-6-7-8-9-10-11-12-13-14-15-16-17-18-21(24)22-19-20-23/h23H,2-20H2,1H3,(H,22,24). The van der Waals surface area contributed by atoms with E-state index in [1.54, 1.807) is 0 Å². The number of hydrogen-bond donors (Lipinski definition) is 2. The van der Waals surface area contributed by atoms with Crippen molar-refractivity contribution in [1.82, 2.24) is 5.32 Å². The van der Waals surface area contributed by atoms with Crippen LogP contribution >= 0.6 is 0 Å². The maximum absolute atomic E-state index is 11.3. The van der Waals surface area contributed by atoms with E-state index in [0.717, 1.165) is 12.8 Å². The molecule has 0 aliphatic rings. The Morgan fingerprint density at radius 3 is 1.42 bits per heavy atom. The van der Waals surface area contributed by atoms with Crippen molar-refractivity contribution >= 4 is 5.91 Å². The lowest BCUT2D eigenvalue weighted by molar-refractivity contribution is -0.121. The minimum atomic E-state index is 0.0324. The van der Waals surface area contributed by atoms with Gasteiger partial charge in [-0.25, -0.2) is 0 Å². The monoisotopic (exact) mass is 341 g/mol. The van der Waals surface area contributed by atoms with Crippen LogP contribution < -0.4 is 5.32 Å². The van der Waals surface area contributed by atoms with Crippen LogP contribution in [0.15, 0.2) is 0 Å². The van der Waals surface area contributed by atoms with Gasteiger partial charge in [0.2, 0.25) is 5.91 Å². The predicted molar refractivity (Wildman–Crippen MR) is 104 cm³/mol. The van der Waals surface area contributed by atoms with Crippen molar-refractivity contribution in [3.8, 4) is 0 Å². The third kappa shape index (κ3) is 19.5. The van der Waals surface area contributed by atoms with Gasteiger partial charge in [0.1, 0.15) is 0 Å². The fourth-order valence-corrected chi connectivity index (χ4v) is 3.12. The van der Waals surface area contributed by atoms with Crippen LogP contribution in [0.2, 0.25) is 0 Å². The Morgan fingerprint density at radius 2 is 1.04 bits per heavy atom. The van der Waals surface area contributed by atoms with E-state index >= 15 is 0 Å². The third-order valence-corrected chi connectivity index (χ3v) is 4.69. The molecule has 3 nitrogen and oxygen atoms in total. The molecule has 0 aromatic rings. The van der Waals surface area contributed by atoms with Crippen molar-refractivity contribution in [3.63, 3.8) is 0 Å². The molecule has 0 fully saturated rings. The van der Waals surface area contributed by atoms with Gasteiger partial charge in [0, 0.05) is 13.0 Å². The Balaban J connectivity index is 3.04. The molecule has 0 saturated heterocycles. The van der Waals surface area contributed by atoms with Gasteiger partial charge in [-0.3, -0.25) is 4.79 Å². The third-order valence-electron chi connectivity index (χ3n) is 4.69. The molecule has 0 aliphatic carbocycles. The van der Waals surface area contributed by atoms with Crippen LogP contribution in [0.1, 0.15) is 116 Å². The lowest BCUT2D eigenvalue weighted by atomic mass is 10.0. The molecule has 0 atom stereocenters. The van der Waals surface area contributed by atoms with Crippen LogP contribution in [-0.2, 0) is 4.79 Å². The predicted octanol–water partition coefficient (Wildman–Crippen LogP) is 5.75. The molecule has 0 radical (unpaired) electrons. The van der Waals surface area contributed by atoms with Crippen LogP contribution in [0, 0.1) is 0 Å². The number of carbonyl (C=O) groups excluding carboxylic acids is 1. The van der Waals surface area contributed by atoms with Gasteiger partial charge in [0.05, 0.1) is 6.61 Å². The second kappa shape index (κ2) is 20.5. The number of nitrogens with one attached hydrogen (secondary N) is 1. The van der Waals surface area contributed by atoms with Crippen LogP contribution in [0.3, 0.4) is 0 Å². The normalized spacial score (nSPS) is 10.9. The molecule has 0 spiro atoms. The molecule has 0 rings (SSSR count). The second-order valence-corrected chi connectivity index (χ2v) is 7.13. The number of unbranched alkanes of at least 4 members (excludes halogenated alkanes) is 15. The van der Waals surface area contributed by atoms with E-state index in [2.05, 4.69) is 12.2 Å². The topological polar surface area (TPSA) is 49.3 Å². The molecule has 3 heteroatoms. The highest BCUT2D eigenvalue weighted by Crippen LogP contribution is 2.13. The molecular weight excluding hydrogens is 298 g/mol. The van der Waals surface area contributed by atoms with Crippen molar-refractivity contribution in [3.05, 3.63) is 0 Å². The Bertz CT molecular complexity index is 256. The summed E-state index contributed by atoms with van der Waals surface area (Å²) < 4.78 is 0. The first-order valence-corrected chi connectivity index (χ1v) is 10.7. The minimum absolute atomic E-state index is 0.0324. The summed E-state index contributed by atoms with van der Waals surface area (Å²) in [6.45, 7) is 2.70. The molecule has 0 aliphatic heterocycles. The maximum Gasteiger partial charge on any atom is 0.220 e. The van der Waals surface area contributed by atoms with E-state index < -0.39 is 0 Å². The quantitative estimate of drug-likeness (QED) is 0.294. The van der Waals surface area contributed by atoms with E-state index in [9.17, 15) is 4.79 Å². The van der Waals surface area contributed by atoms with E-state index in [1.165, 1.54) is 89.9 Å². The van der Waals surface area contributed by atoms with Crippen molar-refractivity contribution in [2.75, 3.05) is 13.2 Å². The van der Waals surface area contributed by atoms with Crippen LogP contribution in [-0.4, -0.2) is 24.2 Å². The summed E-state index contributed by atoms with van der Waals surface area (Å²) >= 11 is 0. The summed E-state index contributed by atoms with van der Waals surface area (Å²) in [5.41, 5.74) is 0. The summed E-state index contributed by atoms with van der Waals surface area (Å²) in [7, 11) is 0. The number of amides is 1. The lowest BCUT2D eigenvalue weighted by Crippen LogP contribution is -2.25. The summed E-state index contributed by atoms with van der Waals surface area (Å²) in [6, 6.07) is 0. The molecule has 1 amide bonds. The molecule has 0 aromatic heterocycles. The largest absolute Gasteiger partial charge is 0.395 e. The zero-order valence-corrected chi connectivity index (χ0v) is 16.3. The number of aliphatic hydroxyl groups excluding tert-OH is 1. The van der Waals surface area contributed by atoms with E-state index in [-0.39, 0.29) is 12.5 Å². The average molecular weight is 342 g/mol. The SMILES string of the molecule is CCCCCCCCCCCCCCCCCCC(=O)NCCO. The average Bonchev–Trinajstić information content (AvgIpc) is 2.59. The van der Waals surface area contributed by atoms with Gasteiger partial charge >= 0.3 is 0 Å². The lowest BCUT2D eigenvalue weighted by Gasteiger charge is -2.04. The van der Waals surface area contributed by atoms with E-state index in [4.69, 9.17) is 5.11 Å². The van der Waals surface area contributed by atoms with Gasteiger partial charge in [-0.05, 0) is 6.42 Å². The van der Waals surface area contributed by atoms with Gasteiger partial charge in [-0.15, -0.1) is 0 Å². The molecule has 24 heavy (non-hydrogen) atoms. The summed E-state index contributed by atoms with van der Waals surface area (Å²) in [5.74, 6) is 0.0782. The second-order valence-electron chi connectivity index (χ2n) is 7.13. The van der Waals surface area contributed by atoms with Gasteiger partial charge in [-0.1, -0.05) is 103 Å². The molecule has 0 heterocycles. The number of carbonyl (C=O) groups is 1. The summed E-state index contributed by atoms with van der Waals surface area (Å²) in [4.78, 5) is 11.3. The minimum Gasteiger partial charge on any atom is -0.395 e. The van der Waals surface area contributed by atoms with E-state index in [0.29, 0.717) is 13.0 Å². The number of hydrogen-bond acceptors (Lipinski definition) is 2. The van der Waals surface area contributed by atoms with Crippen molar-refractivity contribution in [1.29, 1.82) is 0 Å². The van der Waals surface area contributed by atoms with Crippen LogP contribution in [0.5, 0.6) is 0 Å². The molecule has 0 unspecified atom stereocenters. The molecule has 2 N–H and O–H groups in total. The molecular formula is C21H43NO2. The Kier molecular flexibility index (Phi) is 20.0. The zero-order valence-electron chi connectivity index (χ0n) is 16.3. The van der Waals surface area contributed by atoms with Crippen LogP contribution in [0.4, 0.5) is 0 Å². The fourth-order valence-electron chi connectivity index (χ4n) is 3.12. The first-order valence-electron chi connectivity index (χ1n) is 10.7. The highest BCUT2D eigenvalue weighted by atomic mass is 16.3. The smallest absolute Gasteiger partial charge is 0.220 e. The Hall–Kier alpha value is -0.570. The van der Waals surface area contributed by atoms with Gasteiger partial charge < -0.3 is 10.4 Å². The molecule has 144 valence electrons. The fraction of sp³-hybridized carbons (Fsp3) is 0.952. The van der Waals surface area contributed by atoms with Gasteiger partial charge in [0.25, 0.3) is 0 Å².